The number of hydrogen-bond donors (Lipinski definition) is 5. The number of para-hydroxylation sites is 1. The molecule has 15 heterocycles. The average molecular weight is 2080 g/mol. The number of benzene rings is 5. The molecule has 145 heavy (non-hydrogen) atoms. The van der Waals surface area contributed by atoms with E-state index in [2.05, 4.69) is 119 Å². The fourth-order valence-electron chi connectivity index (χ4n) is 14.7. The number of nitriles is 2. The number of hydrogen-bond acceptors (Lipinski definition) is 26. The van der Waals surface area contributed by atoms with Crippen molar-refractivity contribution in [2.75, 3.05) is 62.1 Å². The lowest BCUT2D eigenvalue weighted by Gasteiger charge is -2.11. The van der Waals surface area contributed by atoms with E-state index in [1.54, 1.807) is 117 Å². The zero-order chi connectivity index (χ0) is 103. The minimum Gasteiger partial charge on any atom is -0.495 e. The number of anilines is 10. The average Bonchev–Trinajstić information content (AvgIpc) is 1.62. The highest BCUT2D eigenvalue weighted by Gasteiger charge is 2.42. The third kappa shape index (κ3) is 23.9. The number of rotatable bonds is 22. The molecule has 0 radical (unpaired) electrons. The quantitative estimate of drug-likeness (QED) is 0.0393. The minimum atomic E-state index is -4.67. The molecule has 732 valence electrons. The van der Waals surface area contributed by atoms with E-state index in [1.807, 2.05) is 108 Å². The van der Waals surface area contributed by atoms with Crippen LogP contribution >= 0.6 is 39.1 Å². The molecule has 20 aromatic rings. The van der Waals surface area contributed by atoms with E-state index in [-0.39, 0.29) is 62.7 Å². The number of fused-ring (bicyclic) bond motifs is 5. The maximum absolute atomic E-state index is 13.7. The minimum absolute atomic E-state index is 0.0111. The Bertz CT molecular complexity index is 7990. The smallest absolute Gasteiger partial charge is 0.435 e. The second-order valence-corrected chi connectivity index (χ2v) is 32.5. The maximum atomic E-state index is 13.7. The summed E-state index contributed by atoms with van der Waals surface area (Å²) < 4.78 is 186. The molecule has 0 unspecified atom stereocenters. The largest absolute Gasteiger partial charge is 0.495 e. The molecule has 0 aliphatic rings. The molecule has 0 spiro atoms. The Morgan fingerprint density at radius 1 is 0.317 bits per heavy atom. The van der Waals surface area contributed by atoms with Crippen LogP contribution in [0.2, 0.25) is 10.0 Å². The summed E-state index contributed by atoms with van der Waals surface area (Å²) in [6.07, 6.45) is 2.05. The van der Waals surface area contributed by atoms with Crippen LogP contribution in [0.5, 0.6) is 34.5 Å². The zero-order valence-electron chi connectivity index (χ0n) is 76.3. The predicted molar refractivity (Wildman–Crippen MR) is 525 cm³/mol. The topological polar surface area (TPSA) is 353 Å². The van der Waals surface area contributed by atoms with Crippen molar-refractivity contribution >= 4 is 125 Å². The van der Waals surface area contributed by atoms with Gasteiger partial charge < -0.3 is 55.0 Å². The fourth-order valence-corrected chi connectivity index (χ4v) is 15.2. The first kappa shape index (κ1) is 100. The molecular formula is C100H73BrCl2F11N25O6. The summed E-state index contributed by atoms with van der Waals surface area (Å²) >= 11 is 15.2. The van der Waals surface area contributed by atoms with Gasteiger partial charge in [0.2, 0.25) is 0 Å². The van der Waals surface area contributed by atoms with Gasteiger partial charge in [0.1, 0.15) is 126 Å². The third-order valence-corrected chi connectivity index (χ3v) is 22.1. The Morgan fingerprint density at radius 3 is 0.883 bits per heavy atom. The molecule has 31 nitrogen and oxygen atoms in total. The van der Waals surface area contributed by atoms with Crippen molar-refractivity contribution in [1.82, 2.24) is 86.8 Å². The van der Waals surface area contributed by atoms with Crippen LogP contribution < -0.4 is 55.0 Å². The molecule has 45 heteroatoms. The standard InChI is InChI=1S/C22H17F2N5O2.C21H16ClN5O.C19H13BrF3N5O.C19H13ClF3N5O.C19H14F3N5O/c1-13-21(29-12-17(30-2)7-8-20(29)26-13)18-9-14(11-25)10-19(28-18)27-15-3-5-16(6-4-15)31-22(23)24;1-13-21(27-12-17(28-2)7-8-20(27)24-13)18-9-14(11-23)10-19(26-18)25-16-5-3-15(22)4-6-16;2*1-29-13-6-7-16-27-18(19(21,22)23)17(28(16)10-13)14-8-24-9-15(26-14)25-12-4-2-11(20)3-5-12;1-28-13-7-8-16-26-18(19(20,21)22)17(27(16)11-13)14-9-23-10-15(25-14)24-12-5-3-2-4-6-12/h3-10,12,22H,1-2H3,(H,27,28);3-10,12H,1-2H3,(H,25,26);2*2-10H,1H3,(H,25,26);2-11H,1H3,(H,24,25). The maximum Gasteiger partial charge on any atom is 0.435 e. The van der Waals surface area contributed by atoms with Gasteiger partial charge in [0.05, 0.1) is 161 Å². The molecule has 0 amide bonds. The summed E-state index contributed by atoms with van der Waals surface area (Å²) in [6, 6.07) is 64.0. The van der Waals surface area contributed by atoms with Crippen LogP contribution in [0.1, 0.15) is 39.6 Å². The lowest BCUT2D eigenvalue weighted by Crippen LogP contribution is -2.09. The van der Waals surface area contributed by atoms with Crippen molar-refractivity contribution in [2.45, 2.75) is 39.0 Å². The molecule has 0 bridgehead atoms. The van der Waals surface area contributed by atoms with Gasteiger partial charge in [0, 0.05) is 43.0 Å². The van der Waals surface area contributed by atoms with Crippen LogP contribution in [0.15, 0.2) is 285 Å². The Kier molecular flexibility index (Phi) is 30.0. The molecular weight excluding hydrogens is 2010 g/mol. The highest BCUT2D eigenvalue weighted by molar-refractivity contribution is 9.10. The summed E-state index contributed by atoms with van der Waals surface area (Å²) in [5, 5.41) is 35.6. The van der Waals surface area contributed by atoms with Crippen molar-refractivity contribution in [1.29, 1.82) is 10.5 Å². The second kappa shape index (κ2) is 43.5. The first-order valence-corrected chi connectivity index (χ1v) is 44.2. The fraction of sp³-hybridized carbons (Fsp3) is 0.110. The Morgan fingerprint density at radius 2 is 0.586 bits per heavy atom. The van der Waals surface area contributed by atoms with E-state index >= 15 is 0 Å². The van der Waals surface area contributed by atoms with Crippen LogP contribution in [0.25, 0.3) is 85.2 Å². The second-order valence-electron chi connectivity index (χ2n) is 30.8. The highest BCUT2D eigenvalue weighted by atomic mass is 79.9. The molecule has 0 saturated heterocycles. The lowest BCUT2D eigenvalue weighted by atomic mass is 10.1. The van der Waals surface area contributed by atoms with Gasteiger partial charge in [0.15, 0.2) is 17.1 Å². The van der Waals surface area contributed by atoms with Crippen molar-refractivity contribution in [3.05, 3.63) is 335 Å². The van der Waals surface area contributed by atoms with Crippen molar-refractivity contribution in [3.8, 4) is 104 Å². The number of alkyl halides is 11. The van der Waals surface area contributed by atoms with Gasteiger partial charge >= 0.3 is 25.1 Å². The van der Waals surface area contributed by atoms with Crippen molar-refractivity contribution in [3.63, 3.8) is 0 Å². The molecule has 5 aromatic carbocycles. The Balaban J connectivity index is 0.000000130. The van der Waals surface area contributed by atoms with E-state index in [9.17, 15) is 58.8 Å². The van der Waals surface area contributed by atoms with Crippen LogP contribution in [0, 0.1) is 36.5 Å². The molecule has 5 N–H and O–H groups in total. The number of halogens is 14. The van der Waals surface area contributed by atoms with Crippen LogP contribution in [-0.2, 0) is 18.5 Å². The molecule has 15 aromatic heterocycles. The number of aryl methyl sites for hydroxylation is 2. The first-order valence-electron chi connectivity index (χ1n) is 42.7. The number of nitrogens with zero attached hydrogens (tertiary/aromatic N) is 20. The number of methoxy groups -OCH3 is 5. The van der Waals surface area contributed by atoms with Crippen molar-refractivity contribution < 1.29 is 76.7 Å². The van der Waals surface area contributed by atoms with Gasteiger partial charge in [-0.1, -0.05) is 57.3 Å². The molecule has 20 rings (SSSR count). The lowest BCUT2D eigenvalue weighted by molar-refractivity contribution is -0.141. The van der Waals surface area contributed by atoms with Gasteiger partial charge in [-0.25, -0.2) is 49.8 Å². The number of ether oxygens (including phenoxy) is 6. The first-order chi connectivity index (χ1) is 69.7. The molecule has 0 aliphatic carbocycles. The molecule has 0 saturated carbocycles. The molecule has 0 atom stereocenters. The van der Waals surface area contributed by atoms with Gasteiger partial charge in [0.25, 0.3) is 0 Å². The van der Waals surface area contributed by atoms with Gasteiger partial charge in [-0.15, -0.1) is 0 Å². The molecule has 0 aliphatic heterocycles. The van der Waals surface area contributed by atoms with Crippen LogP contribution in [0.4, 0.5) is 106 Å². The third-order valence-electron chi connectivity index (χ3n) is 21.1. The van der Waals surface area contributed by atoms with Gasteiger partial charge in [-0.05, 0) is 208 Å². The number of nitrogens with one attached hydrogen (secondary N) is 5. The van der Waals surface area contributed by atoms with Gasteiger partial charge in [-0.2, -0.15) is 58.8 Å². The van der Waals surface area contributed by atoms with E-state index in [0.29, 0.717) is 96.0 Å². The van der Waals surface area contributed by atoms with E-state index in [4.69, 9.17) is 51.9 Å². The van der Waals surface area contributed by atoms with Crippen LogP contribution in [-0.4, -0.2) is 129 Å². The number of imidazole rings is 5. The SMILES string of the molecule is COc1ccc2nc(C(F)(F)F)c(-c3cncc(Nc4ccc(Br)cc4)n3)n2c1.COc1ccc2nc(C(F)(F)F)c(-c3cncc(Nc4ccc(Cl)cc4)n3)n2c1.COc1ccc2nc(C(F)(F)F)c(-c3cncc(Nc4ccccc4)n3)n2c1.COc1ccc2nc(C)c(-c3cc(C#N)cc(Nc4ccc(Cl)cc4)n3)n2c1.COc1ccc2nc(C)c(-c3cc(C#N)cc(Nc4ccc(OC(F)F)cc4)n3)n2c1. The van der Waals surface area contributed by atoms with Gasteiger partial charge in [-0.3, -0.25) is 37.0 Å². The summed E-state index contributed by atoms with van der Waals surface area (Å²) in [5.74, 6) is 4.47. The van der Waals surface area contributed by atoms with E-state index in [0.717, 1.165) is 55.6 Å². The zero-order valence-corrected chi connectivity index (χ0v) is 79.4. The summed E-state index contributed by atoms with van der Waals surface area (Å²) in [7, 11) is 7.50. The summed E-state index contributed by atoms with van der Waals surface area (Å²) in [4.78, 5) is 54.8. The molecule has 0 fully saturated rings. The van der Waals surface area contributed by atoms with E-state index < -0.39 is 42.2 Å². The number of aromatic nitrogens is 18. The number of pyridine rings is 7. The Labute approximate surface area is 833 Å². The predicted octanol–water partition coefficient (Wildman–Crippen LogP) is 25.0. The van der Waals surface area contributed by atoms with Crippen LogP contribution in [0.3, 0.4) is 0 Å². The Hall–Kier alpha value is -17.8. The highest BCUT2D eigenvalue weighted by Crippen LogP contribution is 2.43. The normalized spacial score (nSPS) is 11.3. The van der Waals surface area contributed by atoms with E-state index in [1.165, 1.54) is 127 Å². The summed E-state index contributed by atoms with van der Waals surface area (Å²) in [5.41, 5.74) is 6.95. The monoisotopic (exact) mass is 2080 g/mol. The summed E-state index contributed by atoms with van der Waals surface area (Å²) in [6.45, 7) is 0.898. The van der Waals surface area contributed by atoms with Crippen molar-refractivity contribution in [2.24, 2.45) is 0 Å².